The van der Waals surface area contributed by atoms with E-state index >= 15 is 0 Å². The Morgan fingerprint density at radius 2 is 2.12 bits per heavy atom. The molecular weight excluding hydrogens is 282 g/mol. The summed E-state index contributed by atoms with van der Waals surface area (Å²) < 4.78 is 0.799. The molecule has 0 unspecified atom stereocenters. The van der Waals surface area contributed by atoms with E-state index in [1.807, 2.05) is 6.07 Å². The minimum absolute atomic E-state index is 0.439. The van der Waals surface area contributed by atoms with Gasteiger partial charge in [0.05, 0.1) is 11.3 Å². The lowest BCUT2D eigenvalue weighted by Crippen LogP contribution is -2.30. The van der Waals surface area contributed by atoms with Crippen LogP contribution in [-0.2, 0) is 4.79 Å². The number of amides is 1. The molecular formula is C13H10BrNO2. The first-order valence-corrected chi connectivity index (χ1v) is 6.00. The fourth-order valence-electron chi connectivity index (χ4n) is 1.79. The number of anilines is 1. The largest absolute Gasteiger partial charge is 0.304 e. The summed E-state index contributed by atoms with van der Waals surface area (Å²) in [6, 6.07) is 5.28. The van der Waals surface area contributed by atoms with Crippen molar-refractivity contribution in [2.24, 2.45) is 0 Å². The molecule has 1 heterocycles. The predicted octanol–water partition coefficient (Wildman–Crippen LogP) is 2.39. The normalized spacial score (nSPS) is 13.4. The minimum Gasteiger partial charge on any atom is -0.304 e. The topological polar surface area (TPSA) is 37.4 Å². The summed E-state index contributed by atoms with van der Waals surface area (Å²) in [7, 11) is 0. The molecule has 0 bridgehead atoms. The van der Waals surface area contributed by atoms with Gasteiger partial charge in [-0.05, 0) is 25.1 Å². The number of fused-ring (bicyclic) bond motifs is 1. The Hall–Kier alpha value is -1.60. The van der Waals surface area contributed by atoms with Crippen LogP contribution in [0, 0.1) is 11.8 Å². The molecule has 4 heteroatoms. The van der Waals surface area contributed by atoms with Gasteiger partial charge in [-0.25, -0.2) is 0 Å². The van der Waals surface area contributed by atoms with E-state index in [0.29, 0.717) is 24.2 Å². The average Bonchev–Trinajstić information content (AvgIpc) is 2.54. The van der Waals surface area contributed by atoms with Crippen molar-refractivity contribution < 1.29 is 9.59 Å². The lowest BCUT2D eigenvalue weighted by atomic mass is 10.1. The zero-order valence-electron chi connectivity index (χ0n) is 9.29. The Morgan fingerprint density at radius 1 is 1.35 bits per heavy atom. The highest BCUT2D eigenvalue weighted by Crippen LogP contribution is 2.31. The number of benzene rings is 1. The van der Waals surface area contributed by atoms with Crippen LogP contribution < -0.4 is 4.90 Å². The number of carbonyl (C=O) groups is 2. The molecule has 1 aromatic carbocycles. The quantitative estimate of drug-likeness (QED) is 0.620. The molecule has 0 atom stereocenters. The van der Waals surface area contributed by atoms with E-state index in [1.54, 1.807) is 19.1 Å². The van der Waals surface area contributed by atoms with Crippen molar-refractivity contribution in [3.05, 3.63) is 28.2 Å². The van der Waals surface area contributed by atoms with Crippen molar-refractivity contribution >= 4 is 33.3 Å². The summed E-state index contributed by atoms with van der Waals surface area (Å²) in [5, 5.41) is 0. The Balaban J connectivity index is 2.33. The number of carbonyl (C=O) groups excluding carboxylic acids is 2. The molecule has 17 heavy (non-hydrogen) atoms. The Bertz CT molecular complexity index is 554. The molecule has 1 amide bonds. The molecule has 3 nitrogen and oxygen atoms in total. The third-order valence-corrected chi connectivity index (χ3v) is 3.06. The molecule has 1 aliphatic rings. The second-order valence-corrected chi connectivity index (χ2v) is 4.54. The number of ketones is 1. The molecule has 1 aliphatic heterocycles. The zero-order chi connectivity index (χ0) is 12.4. The van der Waals surface area contributed by atoms with E-state index in [9.17, 15) is 9.59 Å². The highest BCUT2D eigenvalue weighted by Gasteiger charge is 2.35. The van der Waals surface area contributed by atoms with Crippen molar-refractivity contribution in [1.29, 1.82) is 0 Å². The third kappa shape index (κ3) is 2.11. The summed E-state index contributed by atoms with van der Waals surface area (Å²) in [6.07, 6.45) is 0.574. The minimum atomic E-state index is -0.462. The molecule has 0 spiro atoms. The van der Waals surface area contributed by atoms with E-state index in [1.165, 1.54) is 4.90 Å². The lowest BCUT2D eigenvalue weighted by Gasteiger charge is -2.14. The van der Waals surface area contributed by atoms with Crippen molar-refractivity contribution in [2.75, 3.05) is 11.4 Å². The molecule has 0 radical (unpaired) electrons. The summed E-state index contributed by atoms with van der Waals surface area (Å²) in [5.41, 5.74) is 1.15. The average molecular weight is 292 g/mol. The van der Waals surface area contributed by atoms with Crippen LogP contribution in [0.25, 0.3) is 0 Å². The molecule has 0 saturated heterocycles. The van der Waals surface area contributed by atoms with Gasteiger partial charge in [0.1, 0.15) is 0 Å². The van der Waals surface area contributed by atoms with Crippen LogP contribution in [0.15, 0.2) is 22.7 Å². The second-order valence-electron chi connectivity index (χ2n) is 3.62. The van der Waals surface area contributed by atoms with Crippen molar-refractivity contribution in [3.63, 3.8) is 0 Å². The first kappa shape index (κ1) is 11.9. The number of hydrogen-bond acceptors (Lipinski definition) is 2. The highest BCUT2D eigenvalue weighted by molar-refractivity contribution is 9.10. The predicted molar refractivity (Wildman–Crippen MR) is 68.9 cm³/mol. The number of Topliss-reactive ketones (excluding diaryl/α,β-unsaturated/α-hetero) is 1. The van der Waals surface area contributed by atoms with Gasteiger partial charge in [0.15, 0.2) is 0 Å². The van der Waals surface area contributed by atoms with Crippen molar-refractivity contribution in [1.82, 2.24) is 0 Å². The highest BCUT2D eigenvalue weighted by atomic mass is 79.9. The maximum Gasteiger partial charge on any atom is 0.299 e. The van der Waals surface area contributed by atoms with Crippen LogP contribution in [0.4, 0.5) is 5.69 Å². The fourth-order valence-corrected chi connectivity index (χ4v) is 2.15. The van der Waals surface area contributed by atoms with Gasteiger partial charge in [0, 0.05) is 17.4 Å². The van der Waals surface area contributed by atoms with Crippen LogP contribution in [0.3, 0.4) is 0 Å². The number of halogens is 1. The van der Waals surface area contributed by atoms with Crippen LogP contribution in [0.1, 0.15) is 23.7 Å². The summed E-state index contributed by atoms with van der Waals surface area (Å²) >= 11 is 3.29. The Labute approximate surface area is 108 Å². The Morgan fingerprint density at radius 3 is 2.82 bits per heavy atom. The molecule has 2 rings (SSSR count). The van der Waals surface area contributed by atoms with Crippen molar-refractivity contribution in [3.8, 4) is 11.8 Å². The van der Waals surface area contributed by atoms with Gasteiger partial charge in [-0.15, -0.1) is 11.8 Å². The van der Waals surface area contributed by atoms with Gasteiger partial charge in [-0.1, -0.05) is 15.9 Å². The molecule has 86 valence electrons. The van der Waals surface area contributed by atoms with Gasteiger partial charge in [0.25, 0.3) is 11.7 Å². The zero-order valence-corrected chi connectivity index (χ0v) is 10.9. The van der Waals surface area contributed by atoms with Gasteiger partial charge in [0.2, 0.25) is 0 Å². The molecule has 0 saturated carbocycles. The van der Waals surface area contributed by atoms with Gasteiger partial charge in [-0.3, -0.25) is 9.59 Å². The molecule has 1 aromatic rings. The SMILES string of the molecule is CC#CCCN1C(=O)C(=O)c2cc(Br)ccc21. The molecule has 0 N–H and O–H groups in total. The Kier molecular flexibility index (Phi) is 3.30. The van der Waals surface area contributed by atoms with Crippen LogP contribution in [0.2, 0.25) is 0 Å². The van der Waals surface area contributed by atoms with E-state index in [4.69, 9.17) is 0 Å². The van der Waals surface area contributed by atoms with Gasteiger partial charge >= 0.3 is 0 Å². The summed E-state index contributed by atoms with van der Waals surface area (Å²) in [6.45, 7) is 2.21. The number of rotatable bonds is 2. The first-order valence-electron chi connectivity index (χ1n) is 5.20. The van der Waals surface area contributed by atoms with E-state index < -0.39 is 11.7 Å². The summed E-state index contributed by atoms with van der Waals surface area (Å²) in [5.74, 6) is 4.76. The number of hydrogen-bond donors (Lipinski definition) is 0. The molecule has 0 aliphatic carbocycles. The van der Waals surface area contributed by atoms with Crippen LogP contribution in [-0.4, -0.2) is 18.2 Å². The van der Waals surface area contributed by atoms with E-state index in [2.05, 4.69) is 27.8 Å². The van der Waals surface area contributed by atoms with E-state index in [-0.39, 0.29) is 0 Å². The molecule has 0 fully saturated rings. The lowest BCUT2D eigenvalue weighted by molar-refractivity contribution is -0.114. The van der Waals surface area contributed by atoms with E-state index in [0.717, 1.165) is 4.47 Å². The van der Waals surface area contributed by atoms with Crippen LogP contribution in [0.5, 0.6) is 0 Å². The maximum absolute atomic E-state index is 11.8. The summed E-state index contributed by atoms with van der Waals surface area (Å²) in [4.78, 5) is 25.0. The first-order chi connectivity index (χ1) is 8.15. The monoisotopic (exact) mass is 291 g/mol. The smallest absolute Gasteiger partial charge is 0.299 e. The third-order valence-electron chi connectivity index (χ3n) is 2.57. The van der Waals surface area contributed by atoms with Gasteiger partial charge < -0.3 is 4.90 Å². The molecule has 0 aromatic heterocycles. The fraction of sp³-hybridized carbons (Fsp3) is 0.231. The van der Waals surface area contributed by atoms with Crippen LogP contribution >= 0.6 is 15.9 Å². The maximum atomic E-state index is 11.8. The second kappa shape index (κ2) is 4.72. The standard InChI is InChI=1S/C13H10BrNO2/c1-2-3-4-7-15-11-6-5-9(14)8-10(11)12(16)13(15)17/h5-6,8H,4,7H2,1H3. The van der Waals surface area contributed by atoms with Crippen molar-refractivity contribution in [2.45, 2.75) is 13.3 Å². The van der Waals surface area contributed by atoms with Gasteiger partial charge in [-0.2, -0.15) is 0 Å². The number of nitrogens with zero attached hydrogens (tertiary/aromatic N) is 1.